The molecular formula is C24H15F3N4O2. The summed E-state index contributed by atoms with van der Waals surface area (Å²) in [7, 11) is 0. The van der Waals surface area contributed by atoms with Crippen LogP contribution in [0.25, 0.3) is 17.1 Å². The molecule has 0 fully saturated rings. The third-order valence-electron chi connectivity index (χ3n) is 5.37. The molecule has 2 aromatic carbocycles. The molecule has 1 aliphatic heterocycles. The molecule has 1 aliphatic rings. The monoisotopic (exact) mass is 448 g/mol. The number of halogens is 3. The molecule has 1 atom stereocenters. The number of aromatic nitrogens is 2. The van der Waals surface area contributed by atoms with Gasteiger partial charge in [0, 0.05) is 0 Å². The van der Waals surface area contributed by atoms with Crippen LogP contribution in [-0.2, 0) is 6.18 Å². The van der Waals surface area contributed by atoms with Crippen LogP contribution in [0.2, 0.25) is 0 Å². The summed E-state index contributed by atoms with van der Waals surface area (Å²) in [5.41, 5.74) is 7.35. The van der Waals surface area contributed by atoms with Crippen LogP contribution in [0.5, 0.6) is 5.88 Å². The lowest BCUT2D eigenvalue weighted by Gasteiger charge is -2.25. The predicted octanol–water partition coefficient (Wildman–Crippen LogP) is 5.37. The lowest BCUT2D eigenvalue weighted by molar-refractivity contribution is -0.137. The quantitative estimate of drug-likeness (QED) is 0.455. The molecule has 2 aromatic heterocycles. The first-order valence-electron chi connectivity index (χ1n) is 9.85. The summed E-state index contributed by atoms with van der Waals surface area (Å²) in [6.07, 6.45) is -3.00. The van der Waals surface area contributed by atoms with Crippen molar-refractivity contribution in [3.05, 3.63) is 101 Å². The molecule has 4 aromatic rings. The zero-order valence-corrected chi connectivity index (χ0v) is 16.9. The summed E-state index contributed by atoms with van der Waals surface area (Å²) in [5.74, 6) is -0.273. The van der Waals surface area contributed by atoms with E-state index in [1.54, 1.807) is 12.1 Å². The Hall–Kier alpha value is -4.45. The van der Waals surface area contributed by atoms with E-state index in [-0.39, 0.29) is 17.3 Å². The van der Waals surface area contributed by atoms with Crippen LogP contribution in [-0.4, -0.2) is 9.78 Å². The van der Waals surface area contributed by atoms with Gasteiger partial charge in [0.05, 0.1) is 29.0 Å². The second-order valence-corrected chi connectivity index (χ2v) is 7.34. The van der Waals surface area contributed by atoms with Crippen LogP contribution in [0.4, 0.5) is 13.2 Å². The van der Waals surface area contributed by atoms with Gasteiger partial charge in [0.15, 0.2) is 5.76 Å². The summed E-state index contributed by atoms with van der Waals surface area (Å²) in [6, 6.07) is 19.2. The molecule has 1 unspecified atom stereocenters. The zero-order valence-electron chi connectivity index (χ0n) is 16.9. The van der Waals surface area contributed by atoms with Crippen molar-refractivity contribution in [1.29, 1.82) is 5.26 Å². The van der Waals surface area contributed by atoms with Crippen molar-refractivity contribution in [3.8, 4) is 29.1 Å². The Labute approximate surface area is 185 Å². The molecule has 0 spiro atoms. The summed E-state index contributed by atoms with van der Waals surface area (Å²) in [6.45, 7) is 0. The van der Waals surface area contributed by atoms with Gasteiger partial charge in [-0.15, -0.1) is 0 Å². The average molecular weight is 448 g/mol. The number of hydrogen-bond acceptors (Lipinski definition) is 5. The highest BCUT2D eigenvalue weighted by molar-refractivity contribution is 5.69. The van der Waals surface area contributed by atoms with Crippen LogP contribution in [0.3, 0.4) is 0 Å². The van der Waals surface area contributed by atoms with E-state index < -0.39 is 17.7 Å². The summed E-state index contributed by atoms with van der Waals surface area (Å²) in [4.78, 5) is 0. The predicted molar refractivity (Wildman–Crippen MR) is 112 cm³/mol. The van der Waals surface area contributed by atoms with Crippen molar-refractivity contribution in [2.24, 2.45) is 5.73 Å². The van der Waals surface area contributed by atoms with Gasteiger partial charge in [-0.25, -0.2) is 0 Å². The van der Waals surface area contributed by atoms with E-state index in [9.17, 15) is 18.4 Å². The number of allylic oxidation sites excluding steroid dienone is 1. The van der Waals surface area contributed by atoms with Crippen molar-refractivity contribution < 1.29 is 22.3 Å². The number of ether oxygens (including phenoxy) is 1. The number of alkyl halides is 3. The maximum Gasteiger partial charge on any atom is 0.416 e. The molecular weight excluding hydrogens is 433 g/mol. The molecule has 0 bridgehead atoms. The van der Waals surface area contributed by atoms with Gasteiger partial charge in [0.1, 0.15) is 17.3 Å². The van der Waals surface area contributed by atoms with Gasteiger partial charge >= 0.3 is 6.18 Å². The van der Waals surface area contributed by atoms with Gasteiger partial charge < -0.3 is 14.9 Å². The molecule has 33 heavy (non-hydrogen) atoms. The number of benzene rings is 2. The van der Waals surface area contributed by atoms with E-state index in [2.05, 4.69) is 5.10 Å². The molecule has 2 N–H and O–H groups in total. The van der Waals surface area contributed by atoms with Crippen molar-refractivity contribution in [3.63, 3.8) is 0 Å². The molecule has 164 valence electrons. The fraction of sp³-hybridized carbons (Fsp3) is 0.0833. The molecule has 0 amide bonds. The SMILES string of the molecule is N#CC1=C(N)Oc2c(c(-c3ccco3)nn2-c2ccccc2)C1c1ccc(C(F)(F)F)cc1. The van der Waals surface area contributed by atoms with Crippen molar-refractivity contribution in [1.82, 2.24) is 9.78 Å². The number of hydrogen-bond donors (Lipinski definition) is 1. The topological polar surface area (TPSA) is 90.0 Å². The van der Waals surface area contributed by atoms with Crippen LogP contribution >= 0.6 is 0 Å². The molecule has 9 heteroatoms. The number of rotatable bonds is 3. The summed E-state index contributed by atoms with van der Waals surface area (Å²) in [5, 5.41) is 14.5. The van der Waals surface area contributed by atoms with Crippen molar-refractivity contribution in [2.75, 3.05) is 0 Å². The van der Waals surface area contributed by atoms with Crippen LogP contribution < -0.4 is 10.5 Å². The fourth-order valence-corrected chi connectivity index (χ4v) is 3.88. The highest BCUT2D eigenvalue weighted by Crippen LogP contribution is 2.48. The van der Waals surface area contributed by atoms with Gasteiger partial charge in [-0.2, -0.15) is 28.2 Å². The van der Waals surface area contributed by atoms with E-state index in [1.807, 2.05) is 36.4 Å². The summed E-state index contributed by atoms with van der Waals surface area (Å²) >= 11 is 0. The molecule has 0 saturated heterocycles. The zero-order chi connectivity index (χ0) is 23.2. The maximum atomic E-state index is 13.1. The lowest BCUT2D eigenvalue weighted by atomic mass is 9.83. The van der Waals surface area contributed by atoms with Gasteiger partial charge in [0.2, 0.25) is 11.8 Å². The smallest absolute Gasteiger partial charge is 0.416 e. The van der Waals surface area contributed by atoms with Gasteiger partial charge in [0.25, 0.3) is 0 Å². The number of furan rings is 1. The van der Waals surface area contributed by atoms with Crippen LogP contribution in [0, 0.1) is 11.3 Å². The molecule has 6 nitrogen and oxygen atoms in total. The Kier molecular flexibility index (Phi) is 4.71. The number of nitriles is 1. The second-order valence-electron chi connectivity index (χ2n) is 7.34. The minimum atomic E-state index is -4.48. The van der Waals surface area contributed by atoms with E-state index in [0.717, 1.165) is 12.1 Å². The highest BCUT2D eigenvalue weighted by atomic mass is 19.4. The third-order valence-corrected chi connectivity index (χ3v) is 5.37. The Morgan fingerprint density at radius 1 is 1.00 bits per heavy atom. The Balaban J connectivity index is 1.77. The summed E-state index contributed by atoms with van der Waals surface area (Å²) < 4.78 is 52.3. The number of fused-ring (bicyclic) bond motifs is 1. The Bertz CT molecular complexity index is 1380. The third kappa shape index (κ3) is 3.42. The highest BCUT2D eigenvalue weighted by Gasteiger charge is 2.39. The van der Waals surface area contributed by atoms with E-state index >= 15 is 0 Å². The number of nitrogens with zero attached hydrogens (tertiary/aromatic N) is 3. The molecule has 3 heterocycles. The second kappa shape index (κ2) is 7.60. The standard InChI is InChI=1S/C24H15F3N4O2/c25-24(26,27)15-10-8-14(9-11-15)19-17(13-28)22(29)33-23-20(19)21(18-7-4-12-32-18)30-31(23)16-5-2-1-3-6-16/h1-12,19H,29H2. The Morgan fingerprint density at radius 2 is 1.73 bits per heavy atom. The first-order chi connectivity index (χ1) is 15.9. The van der Waals surface area contributed by atoms with Crippen LogP contribution in [0.1, 0.15) is 22.6 Å². The molecule has 5 rings (SSSR count). The molecule has 0 saturated carbocycles. The minimum Gasteiger partial charge on any atom is -0.463 e. The number of para-hydroxylation sites is 1. The average Bonchev–Trinajstić information content (AvgIpc) is 3.46. The minimum absolute atomic E-state index is 0.0719. The van der Waals surface area contributed by atoms with Crippen molar-refractivity contribution in [2.45, 2.75) is 12.1 Å². The van der Waals surface area contributed by atoms with Crippen LogP contribution in [0.15, 0.2) is 88.9 Å². The van der Waals surface area contributed by atoms with Gasteiger partial charge in [-0.1, -0.05) is 30.3 Å². The molecule has 0 aliphatic carbocycles. The van der Waals surface area contributed by atoms with Crippen molar-refractivity contribution >= 4 is 0 Å². The normalized spacial score (nSPS) is 15.6. The maximum absolute atomic E-state index is 13.1. The number of nitrogens with two attached hydrogens (primary N) is 1. The van der Waals surface area contributed by atoms with Gasteiger partial charge in [-0.05, 0) is 42.0 Å². The van der Waals surface area contributed by atoms with E-state index in [1.165, 1.54) is 23.1 Å². The fourth-order valence-electron chi connectivity index (χ4n) is 3.88. The van der Waals surface area contributed by atoms with E-state index in [4.69, 9.17) is 14.9 Å². The Morgan fingerprint density at radius 3 is 2.33 bits per heavy atom. The lowest BCUT2D eigenvalue weighted by Crippen LogP contribution is -2.22. The largest absolute Gasteiger partial charge is 0.463 e. The molecule has 0 radical (unpaired) electrons. The van der Waals surface area contributed by atoms with E-state index in [0.29, 0.717) is 28.3 Å². The first-order valence-corrected chi connectivity index (χ1v) is 9.85. The first kappa shape index (κ1) is 20.5. The van der Waals surface area contributed by atoms with Gasteiger partial charge in [-0.3, -0.25) is 0 Å².